The van der Waals surface area contributed by atoms with Crippen LogP contribution in [0.5, 0.6) is 0 Å². The topological polar surface area (TPSA) is 38.9 Å². The highest BCUT2D eigenvalue weighted by atomic mass is 19.1. The third-order valence-electron chi connectivity index (χ3n) is 3.38. The molecule has 3 rings (SSSR count). The molecule has 0 unspecified atom stereocenters. The van der Waals surface area contributed by atoms with Gasteiger partial charge < -0.3 is 5.73 Å². The minimum Gasteiger partial charge on any atom is -0.383 e. The Hall–Kier alpha value is -2.89. The molecule has 0 amide bonds. The van der Waals surface area contributed by atoms with E-state index in [0.717, 1.165) is 36.4 Å². The molecule has 0 aliphatic rings. The molecule has 3 aromatic rings. The lowest BCUT2D eigenvalue weighted by Gasteiger charge is -2.10. The number of halogens is 4. The van der Waals surface area contributed by atoms with Crippen LogP contribution in [0.4, 0.5) is 23.4 Å². The van der Waals surface area contributed by atoms with Gasteiger partial charge in [-0.3, -0.25) is 0 Å². The van der Waals surface area contributed by atoms with Crippen LogP contribution in [0.2, 0.25) is 0 Å². The fourth-order valence-electron chi connectivity index (χ4n) is 2.26. The molecule has 6 heteroatoms. The monoisotopic (exact) mass is 318 g/mol. The molecule has 0 bridgehead atoms. The lowest BCUT2D eigenvalue weighted by Crippen LogP contribution is -1.98. The second-order valence-corrected chi connectivity index (χ2v) is 4.91. The number of hydrogen-bond acceptors (Lipinski definition) is 2. The zero-order valence-corrected chi connectivity index (χ0v) is 11.7. The van der Waals surface area contributed by atoms with Gasteiger partial charge in [0.15, 0.2) is 0 Å². The summed E-state index contributed by atoms with van der Waals surface area (Å²) in [4.78, 5) is 3.87. The van der Waals surface area contributed by atoms with E-state index in [9.17, 15) is 17.6 Å². The molecule has 2 N–H and O–H groups in total. The normalized spacial score (nSPS) is 10.8. The van der Waals surface area contributed by atoms with E-state index in [2.05, 4.69) is 4.98 Å². The zero-order chi connectivity index (χ0) is 16.6. The van der Waals surface area contributed by atoms with Crippen LogP contribution >= 0.6 is 0 Å². The summed E-state index contributed by atoms with van der Waals surface area (Å²) in [6.07, 6.45) is 1.24. The number of rotatable bonds is 2. The Balaban J connectivity index is 2.20. The van der Waals surface area contributed by atoms with Gasteiger partial charge in [-0.1, -0.05) is 0 Å². The SMILES string of the molecule is Nc1ncc(-c2cc(F)ccc2F)cc1-c1cc(F)ccc1F. The second-order valence-electron chi connectivity index (χ2n) is 4.91. The molecular formula is C17H10F4N2. The first-order valence-corrected chi connectivity index (χ1v) is 6.62. The second kappa shape index (κ2) is 5.72. The van der Waals surface area contributed by atoms with Gasteiger partial charge in [0.1, 0.15) is 29.1 Å². The van der Waals surface area contributed by atoms with Gasteiger partial charge in [0.2, 0.25) is 0 Å². The predicted molar refractivity (Wildman–Crippen MR) is 79.4 cm³/mol. The van der Waals surface area contributed by atoms with Crippen molar-refractivity contribution in [2.45, 2.75) is 0 Å². The molecule has 1 heterocycles. The summed E-state index contributed by atoms with van der Waals surface area (Å²) in [5.74, 6) is -2.68. The Morgan fingerprint density at radius 1 is 0.696 bits per heavy atom. The number of benzene rings is 2. The fraction of sp³-hybridized carbons (Fsp3) is 0. The van der Waals surface area contributed by atoms with Crippen molar-refractivity contribution in [2.24, 2.45) is 0 Å². The first-order valence-electron chi connectivity index (χ1n) is 6.62. The van der Waals surface area contributed by atoms with E-state index in [1.165, 1.54) is 12.3 Å². The minimum absolute atomic E-state index is 0.0458. The number of anilines is 1. The van der Waals surface area contributed by atoms with E-state index < -0.39 is 23.3 Å². The molecule has 0 aliphatic heterocycles. The molecule has 0 aliphatic carbocycles. The highest BCUT2D eigenvalue weighted by Gasteiger charge is 2.14. The highest BCUT2D eigenvalue weighted by Crippen LogP contribution is 2.32. The highest BCUT2D eigenvalue weighted by molar-refractivity contribution is 5.79. The number of hydrogen-bond donors (Lipinski definition) is 1. The van der Waals surface area contributed by atoms with Gasteiger partial charge in [-0.25, -0.2) is 22.5 Å². The van der Waals surface area contributed by atoms with E-state index in [1.54, 1.807) is 0 Å². The molecule has 23 heavy (non-hydrogen) atoms. The van der Waals surface area contributed by atoms with Crippen molar-refractivity contribution in [3.8, 4) is 22.3 Å². The van der Waals surface area contributed by atoms with Crippen molar-refractivity contribution < 1.29 is 17.6 Å². The van der Waals surface area contributed by atoms with Crippen LogP contribution in [0.3, 0.4) is 0 Å². The molecule has 0 fully saturated rings. The summed E-state index contributed by atoms with van der Waals surface area (Å²) in [5, 5.41) is 0. The van der Waals surface area contributed by atoms with Crippen molar-refractivity contribution >= 4 is 5.82 Å². The van der Waals surface area contributed by atoms with Crippen LogP contribution in [0.15, 0.2) is 48.7 Å². The van der Waals surface area contributed by atoms with Crippen LogP contribution in [-0.2, 0) is 0 Å². The number of nitrogens with zero attached hydrogens (tertiary/aromatic N) is 1. The Labute approximate surface area is 129 Å². The number of aromatic nitrogens is 1. The molecule has 2 aromatic carbocycles. The van der Waals surface area contributed by atoms with Crippen molar-refractivity contribution in [3.63, 3.8) is 0 Å². The molecule has 0 saturated heterocycles. The maximum absolute atomic E-state index is 13.9. The van der Waals surface area contributed by atoms with Crippen molar-refractivity contribution in [3.05, 3.63) is 71.9 Å². The molecule has 1 aromatic heterocycles. The van der Waals surface area contributed by atoms with Gasteiger partial charge in [-0.2, -0.15) is 0 Å². The van der Waals surface area contributed by atoms with Gasteiger partial charge in [-0.05, 0) is 42.5 Å². The first-order chi connectivity index (χ1) is 11.0. The molecule has 0 atom stereocenters. The lowest BCUT2D eigenvalue weighted by molar-refractivity contribution is 0.602. The van der Waals surface area contributed by atoms with Gasteiger partial charge in [0, 0.05) is 28.5 Å². The van der Waals surface area contributed by atoms with Crippen LogP contribution in [-0.4, -0.2) is 4.98 Å². The van der Waals surface area contributed by atoms with Gasteiger partial charge >= 0.3 is 0 Å². The average molecular weight is 318 g/mol. The van der Waals surface area contributed by atoms with E-state index >= 15 is 0 Å². The molecule has 116 valence electrons. The molecule has 0 saturated carbocycles. The summed E-state index contributed by atoms with van der Waals surface area (Å²) >= 11 is 0. The minimum atomic E-state index is -0.697. The van der Waals surface area contributed by atoms with E-state index in [0.29, 0.717) is 0 Å². The standard InChI is InChI=1S/C17H10F4N2/c18-10-1-3-15(20)12(6-10)9-5-14(17(22)23-8-9)13-7-11(19)2-4-16(13)21/h1-8H,(H2,22,23). The largest absolute Gasteiger partial charge is 0.383 e. The van der Waals surface area contributed by atoms with Gasteiger partial charge in [-0.15, -0.1) is 0 Å². The van der Waals surface area contributed by atoms with Crippen LogP contribution in [0.1, 0.15) is 0 Å². The van der Waals surface area contributed by atoms with Crippen molar-refractivity contribution in [2.75, 3.05) is 5.73 Å². The molecule has 0 radical (unpaired) electrons. The predicted octanol–water partition coefficient (Wildman–Crippen LogP) is 4.55. The summed E-state index contributed by atoms with van der Waals surface area (Å²) in [6.45, 7) is 0. The lowest BCUT2D eigenvalue weighted by atomic mass is 10.00. The quantitative estimate of drug-likeness (QED) is 0.704. The third-order valence-corrected chi connectivity index (χ3v) is 3.38. The Bertz CT molecular complexity index is 894. The fourth-order valence-corrected chi connectivity index (χ4v) is 2.26. The Morgan fingerprint density at radius 2 is 1.26 bits per heavy atom. The molecule has 0 spiro atoms. The first kappa shape index (κ1) is 15.0. The van der Waals surface area contributed by atoms with E-state index in [1.807, 2.05) is 0 Å². The van der Waals surface area contributed by atoms with Crippen molar-refractivity contribution in [1.29, 1.82) is 0 Å². The summed E-state index contributed by atoms with van der Waals surface area (Å²) < 4.78 is 54.5. The Morgan fingerprint density at radius 3 is 1.91 bits per heavy atom. The van der Waals surface area contributed by atoms with Crippen LogP contribution < -0.4 is 5.73 Å². The number of nitrogen functional groups attached to an aromatic ring is 1. The van der Waals surface area contributed by atoms with Gasteiger partial charge in [0.25, 0.3) is 0 Å². The van der Waals surface area contributed by atoms with Crippen LogP contribution in [0.25, 0.3) is 22.3 Å². The smallest absolute Gasteiger partial charge is 0.131 e. The zero-order valence-electron chi connectivity index (χ0n) is 11.7. The maximum atomic E-state index is 13.9. The molecular weight excluding hydrogens is 308 g/mol. The summed E-state index contributed by atoms with van der Waals surface area (Å²) in [7, 11) is 0. The van der Waals surface area contributed by atoms with Crippen molar-refractivity contribution in [1.82, 2.24) is 4.98 Å². The summed E-state index contributed by atoms with van der Waals surface area (Å²) in [6, 6.07) is 7.19. The van der Waals surface area contributed by atoms with E-state index in [-0.39, 0.29) is 28.1 Å². The summed E-state index contributed by atoms with van der Waals surface area (Å²) in [5.41, 5.74) is 5.87. The van der Waals surface area contributed by atoms with Crippen LogP contribution in [0, 0.1) is 23.3 Å². The van der Waals surface area contributed by atoms with Gasteiger partial charge in [0.05, 0.1) is 0 Å². The van der Waals surface area contributed by atoms with E-state index in [4.69, 9.17) is 5.73 Å². The third kappa shape index (κ3) is 2.88. The maximum Gasteiger partial charge on any atom is 0.131 e. The number of pyridine rings is 1. The average Bonchev–Trinajstić information content (AvgIpc) is 2.53. The molecule has 2 nitrogen and oxygen atoms in total. The number of nitrogens with two attached hydrogens (primary N) is 1. The Kier molecular flexibility index (Phi) is 3.73.